The van der Waals surface area contributed by atoms with Gasteiger partial charge in [0.05, 0.1) is 0 Å². The normalized spacial score (nSPS) is 10.4. The summed E-state index contributed by atoms with van der Waals surface area (Å²) in [6, 6.07) is 1.70. The Bertz CT molecular complexity index is 181. The van der Waals surface area contributed by atoms with Crippen LogP contribution < -0.4 is 0 Å². The molecule has 0 fully saturated rings. The van der Waals surface area contributed by atoms with Crippen molar-refractivity contribution in [1.82, 2.24) is 0 Å². The van der Waals surface area contributed by atoms with E-state index >= 15 is 0 Å². The molecule has 11 heavy (non-hydrogen) atoms. The molecule has 0 radical (unpaired) electrons. The molecule has 4 heteroatoms. The highest BCUT2D eigenvalue weighted by Gasteiger charge is 2.28. The molecule has 4 nitrogen and oxygen atoms in total. The van der Waals surface area contributed by atoms with Gasteiger partial charge in [0.25, 0.3) is 0 Å². The molecule has 0 saturated heterocycles. The van der Waals surface area contributed by atoms with Gasteiger partial charge >= 0.3 is 5.97 Å². The average Bonchev–Trinajstić information content (AvgIpc) is 2.00. The number of carbonyl (C=O) groups excluding carboxylic acids is 1. The minimum Gasteiger partial charge on any atom is -0.448 e. The highest BCUT2D eigenvalue weighted by atomic mass is 16.6. The van der Waals surface area contributed by atoms with Crippen LogP contribution >= 0.6 is 0 Å². The third kappa shape index (κ3) is 3.01. The third-order valence-corrected chi connectivity index (χ3v) is 1.27. The van der Waals surface area contributed by atoms with Crippen molar-refractivity contribution in [3.05, 3.63) is 0 Å². The predicted molar refractivity (Wildman–Crippen MR) is 37.7 cm³/mol. The van der Waals surface area contributed by atoms with Gasteiger partial charge in [-0.3, -0.25) is 0 Å². The van der Waals surface area contributed by atoms with Gasteiger partial charge in [-0.25, -0.2) is 4.79 Å². The van der Waals surface area contributed by atoms with Crippen LogP contribution in [0.4, 0.5) is 0 Å². The van der Waals surface area contributed by atoms with E-state index in [4.69, 9.17) is 10.00 Å². The van der Waals surface area contributed by atoms with Crippen LogP contribution in [-0.2, 0) is 14.3 Å². The molecule has 0 amide bonds. The molecule has 0 aromatic rings. The molecule has 0 unspecified atom stereocenters. The summed E-state index contributed by atoms with van der Waals surface area (Å²) in [6.07, 6.45) is 0. The van der Waals surface area contributed by atoms with Crippen LogP contribution in [0.2, 0.25) is 0 Å². The van der Waals surface area contributed by atoms with E-state index < -0.39 is 11.6 Å². The van der Waals surface area contributed by atoms with Crippen molar-refractivity contribution < 1.29 is 14.3 Å². The van der Waals surface area contributed by atoms with Gasteiger partial charge in [0.2, 0.25) is 0 Å². The summed E-state index contributed by atoms with van der Waals surface area (Å²) in [4.78, 5) is 11.0. The fourth-order valence-corrected chi connectivity index (χ4v) is 0.355. The molecule has 0 aliphatic rings. The summed E-state index contributed by atoms with van der Waals surface area (Å²) in [5.41, 5.74) is -0.961. The molecule has 0 aromatic carbocycles. The van der Waals surface area contributed by atoms with E-state index in [0.29, 0.717) is 0 Å². The van der Waals surface area contributed by atoms with Crippen molar-refractivity contribution in [2.75, 3.05) is 13.7 Å². The van der Waals surface area contributed by atoms with E-state index in [-0.39, 0.29) is 6.61 Å². The Morgan fingerprint density at radius 2 is 2.18 bits per heavy atom. The zero-order valence-electron chi connectivity index (χ0n) is 6.88. The van der Waals surface area contributed by atoms with Gasteiger partial charge in [-0.1, -0.05) is 0 Å². The van der Waals surface area contributed by atoms with Crippen molar-refractivity contribution in [2.45, 2.75) is 19.4 Å². The molecule has 0 rings (SSSR count). The van der Waals surface area contributed by atoms with Gasteiger partial charge < -0.3 is 9.47 Å². The fourth-order valence-electron chi connectivity index (χ4n) is 0.355. The highest BCUT2D eigenvalue weighted by Crippen LogP contribution is 2.08. The number of rotatable bonds is 3. The number of hydrogen-bond donors (Lipinski definition) is 0. The molecule has 0 atom stereocenters. The Morgan fingerprint density at radius 1 is 1.64 bits per heavy atom. The number of hydrogen-bond acceptors (Lipinski definition) is 4. The Hall–Kier alpha value is -1.08. The van der Waals surface area contributed by atoms with Crippen LogP contribution in [0.5, 0.6) is 0 Å². The minimum absolute atomic E-state index is 0.231. The molecular formula is C7H11NO3. The second-order valence-electron chi connectivity index (χ2n) is 2.45. The van der Waals surface area contributed by atoms with Gasteiger partial charge in [-0.2, -0.15) is 5.26 Å². The first kappa shape index (κ1) is 9.92. The first-order valence-corrected chi connectivity index (χ1v) is 3.14. The summed E-state index contributed by atoms with van der Waals surface area (Å²) >= 11 is 0. The summed E-state index contributed by atoms with van der Waals surface area (Å²) < 4.78 is 9.33. The molecule has 0 aromatic heterocycles. The Labute approximate surface area is 65.7 Å². The van der Waals surface area contributed by atoms with Crippen LogP contribution in [0.25, 0.3) is 0 Å². The number of methoxy groups -OCH3 is 1. The average molecular weight is 157 g/mol. The zero-order valence-corrected chi connectivity index (χ0v) is 6.88. The number of ether oxygens (including phenoxy) is 2. The molecule has 62 valence electrons. The smallest absolute Gasteiger partial charge is 0.338 e. The third-order valence-electron chi connectivity index (χ3n) is 1.27. The lowest BCUT2D eigenvalue weighted by molar-refractivity contribution is -0.163. The topological polar surface area (TPSA) is 59.3 Å². The van der Waals surface area contributed by atoms with E-state index in [2.05, 4.69) is 4.74 Å². The van der Waals surface area contributed by atoms with Crippen LogP contribution in [0, 0.1) is 11.3 Å². The van der Waals surface area contributed by atoms with Crippen molar-refractivity contribution in [2.24, 2.45) is 0 Å². The quantitative estimate of drug-likeness (QED) is 0.559. The highest BCUT2D eigenvalue weighted by molar-refractivity contribution is 5.78. The van der Waals surface area contributed by atoms with Gasteiger partial charge in [-0.15, -0.1) is 0 Å². The lowest BCUT2D eigenvalue weighted by Crippen LogP contribution is -2.35. The molecule has 0 N–H and O–H groups in total. The summed E-state index contributed by atoms with van der Waals surface area (Å²) in [5, 5.41) is 8.09. The number of carbonyl (C=O) groups is 1. The van der Waals surface area contributed by atoms with E-state index in [1.54, 1.807) is 19.9 Å². The standard InChI is InChI=1S/C7H11NO3/c1-7(2,10-3)6(9)11-5-4-8/h5H2,1-3H3. The Morgan fingerprint density at radius 3 is 2.55 bits per heavy atom. The van der Waals surface area contributed by atoms with Crippen molar-refractivity contribution >= 4 is 5.97 Å². The minimum atomic E-state index is -0.961. The Balaban J connectivity index is 3.94. The summed E-state index contributed by atoms with van der Waals surface area (Å²) in [7, 11) is 1.41. The fraction of sp³-hybridized carbons (Fsp3) is 0.714. The van der Waals surface area contributed by atoms with Crippen LogP contribution in [0.3, 0.4) is 0 Å². The maximum absolute atomic E-state index is 11.0. The second kappa shape index (κ2) is 3.94. The van der Waals surface area contributed by atoms with Crippen LogP contribution in [0.15, 0.2) is 0 Å². The van der Waals surface area contributed by atoms with Crippen molar-refractivity contribution in [3.8, 4) is 6.07 Å². The molecule has 0 spiro atoms. The van der Waals surface area contributed by atoms with Gasteiger partial charge in [-0.05, 0) is 13.8 Å². The van der Waals surface area contributed by atoms with E-state index in [0.717, 1.165) is 0 Å². The van der Waals surface area contributed by atoms with Crippen molar-refractivity contribution in [3.63, 3.8) is 0 Å². The lowest BCUT2D eigenvalue weighted by Gasteiger charge is -2.19. The maximum atomic E-state index is 11.0. The zero-order chi connectivity index (χ0) is 8.91. The largest absolute Gasteiger partial charge is 0.448 e. The SMILES string of the molecule is COC(C)(C)C(=O)OCC#N. The predicted octanol–water partition coefficient (Wildman–Crippen LogP) is 0.478. The molecular weight excluding hydrogens is 146 g/mol. The number of esters is 1. The monoisotopic (exact) mass is 157 g/mol. The van der Waals surface area contributed by atoms with Gasteiger partial charge in [0.1, 0.15) is 6.07 Å². The van der Waals surface area contributed by atoms with Gasteiger partial charge in [0.15, 0.2) is 12.2 Å². The molecule has 0 bridgehead atoms. The van der Waals surface area contributed by atoms with E-state index in [9.17, 15) is 4.79 Å². The number of nitriles is 1. The van der Waals surface area contributed by atoms with E-state index in [1.807, 2.05) is 0 Å². The van der Waals surface area contributed by atoms with Crippen LogP contribution in [-0.4, -0.2) is 25.3 Å². The van der Waals surface area contributed by atoms with Crippen LogP contribution in [0.1, 0.15) is 13.8 Å². The lowest BCUT2D eigenvalue weighted by atomic mass is 10.1. The molecule has 0 heterocycles. The maximum Gasteiger partial charge on any atom is 0.338 e. The molecule has 0 aliphatic heterocycles. The first-order chi connectivity index (χ1) is 5.04. The second-order valence-corrected chi connectivity index (χ2v) is 2.45. The summed E-state index contributed by atoms with van der Waals surface area (Å²) in [5.74, 6) is -0.526. The molecule has 0 saturated carbocycles. The van der Waals surface area contributed by atoms with Crippen molar-refractivity contribution in [1.29, 1.82) is 5.26 Å². The number of nitrogens with zero attached hydrogens (tertiary/aromatic N) is 1. The molecule has 0 aliphatic carbocycles. The summed E-state index contributed by atoms with van der Waals surface area (Å²) in [6.45, 7) is 2.92. The Kier molecular flexibility index (Phi) is 3.55. The van der Waals surface area contributed by atoms with Gasteiger partial charge in [0, 0.05) is 7.11 Å². The van der Waals surface area contributed by atoms with E-state index in [1.165, 1.54) is 7.11 Å². The first-order valence-electron chi connectivity index (χ1n) is 3.14.